The molecular weight excluding hydrogens is 276 g/mol. The molecule has 6 nitrogen and oxygen atoms in total. The molecule has 6 heteroatoms. The fourth-order valence-electron chi connectivity index (χ4n) is 3.12. The molecule has 0 spiro atoms. The lowest BCUT2D eigenvalue weighted by atomic mass is 10.0. The predicted octanol–water partition coefficient (Wildman–Crippen LogP) is 1.99. The average Bonchev–Trinajstić information content (AvgIpc) is 2.97. The van der Waals surface area contributed by atoms with Crippen LogP contribution in [-0.4, -0.2) is 37.5 Å². The molecule has 0 aliphatic carbocycles. The van der Waals surface area contributed by atoms with Gasteiger partial charge in [0.1, 0.15) is 5.82 Å². The van der Waals surface area contributed by atoms with Gasteiger partial charge in [0, 0.05) is 49.6 Å². The van der Waals surface area contributed by atoms with Crippen molar-refractivity contribution in [3.63, 3.8) is 0 Å². The van der Waals surface area contributed by atoms with Gasteiger partial charge in [0.15, 0.2) is 5.65 Å². The van der Waals surface area contributed by atoms with Crippen LogP contribution >= 0.6 is 0 Å². The molecule has 0 radical (unpaired) electrons. The first-order valence-electron chi connectivity index (χ1n) is 7.66. The van der Waals surface area contributed by atoms with E-state index in [-0.39, 0.29) is 0 Å². The molecule has 1 aliphatic heterocycles. The van der Waals surface area contributed by atoms with E-state index in [1.807, 2.05) is 35.3 Å². The Balaban J connectivity index is 1.52. The first kappa shape index (κ1) is 13.3. The van der Waals surface area contributed by atoms with Crippen LogP contribution < -0.4 is 4.90 Å². The summed E-state index contributed by atoms with van der Waals surface area (Å²) in [6, 6.07) is 4.15. The Bertz CT molecular complexity index is 824. The molecule has 22 heavy (non-hydrogen) atoms. The lowest BCUT2D eigenvalue weighted by Gasteiger charge is -2.40. The molecule has 0 atom stereocenters. The molecule has 3 aromatic heterocycles. The van der Waals surface area contributed by atoms with Crippen molar-refractivity contribution in [2.45, 2.75) is 27.3 Å². The Morgan fingerprint density at radius 1 is 1.14 bits per heavy atom. The lowest BCUT2D eigenvalue weighted by molar-refractivity contribution is 0.338. The van der Waals surface area contributed by atoms with Gasteiger partial charge in [-0.2, -0.15) is 14.7 Å². The normalized spacial score (nSPS) is 15.5. The van der Waals surface area contributed by atoms with Crippen LogP contribution in [0.15, 0.2) is 24.5 Å². The van der Waals surface area contributed by atoms with Gasteiger partial charge in [-0.3, -0.25) is 4.68 Å². The topological polar surface area (TPSA) is 51.2 Å². The number of hydrogen-bond acceptors (Lipinski definition) is 4. The SMILES string of the molecule is Cc1cnn(CC2CN(c3cc(C)nc4cc(C)nn34)C2)c1. The largest absolute Gasteiger partial charge is 0.356 e. The molecule has 0 bridgehead atoms. The van der Waals surface area contributed by atoms with Crippen LogP contribution in [0.2, 0.25) is 0 Å². The van der Waals surface area contributed by atoms with Crippen LogP contribution in [0.1, 0.15) is 17.0 Å². The summed E-state index contributed by atoms with van der Waals surface area (Å²) in [6.45, 7) is 9.18. The minimum absolute atomic E-state index is 0.638. The molecule has 0 unspecified atom stereocenters. The smallest absolute Gasteiger partial charge is 0.157 e. The van der Waals surface area contributed by atoms with E-state index < -0.39 is 0 Å². The maximum Gasteiger partial charge on any atom is 0.157 e. The Hall–Kier alpha value is -2.37. The summed E-state index contributed by atoms with van der Waals surface area (Å²) in [7, 11) is 0. The van der Waals surface area contributed by atoms with Gasteiger partial charge in [-0.15, -0.1) is 0 Å². The fraction of sp³-hybridized carbons (Fsp3) is 0.438. The van der Waals surface area contributed by atoms with Crippen LogP contribution in [0.4, 0.5) is 5.82 Å². The molecule has 1 fully saturated rings. The summed E-state index contributed by atoms with van der Waals surface area (Å²) in [4.78, 5) is 6.92. The zero-order valence-corrected chi connectivity index (χ0v) is 13.2. The Kier molecular flexibility index (Phi) is 2.92. The fourth-order valence-corrected chi connectivity index (χ4v) is 3.12. The summed E-state index contributed by atoms with van der Waals surface area (Å²) in [5.74, 6) is 1.78. The zero-order valence-electron chi connectivity index (χ0n) is 13.2. The highest BCUT2D eigenvalue weighted by Gasteiger charge is 2.29. The lowest BCUT2D eigenvalue weighted by Crippen LogP contribution is -2.49. The second kappa shape index (κ2) is 4.83. The van der Waals surface area contributed by atoms with Gasteiger partial charge < -0.3 is 4.90 Å². The number of aromatic nitrogens is 5. The second-order valence-electron chi connectivity index (χ2n) is 6.32. The Morgan fingerprint density at radius 2 is 1.95 bits per heavy atom. The van der Waals surface area contributed by atoms with Gasteiger partial charge in [0.25, 0.3) is 0 Å². The number of nitrogens with zero attached hydrogens (tertiary/aromatic N) is 6. The molecule has 0 amide bonds. The van der Waals surface area contributed by atoms with Crippen molar-refractivity contribution in [2.24, 2.45) is 5.92 Å². The summed E-state index contributed by atoms with van der Waals surface area (Å²) in [5.41, 5.74) is 4.19. The van der Waals surface area contributed by atoms with Crippen LogP contribution in [-0.2, 0) is 6.54 Å². The number of rotatable bonds is 3. The van der Waals surface area contributed by atoms with E-state index in [0.717, 1.165) is 42.5 Å². The Morgan fingerprint density at radius 3 is 2.68 bits per heavy atom. The molecule has 0 N–H and O–H groups in total. The minimum Gasteiger partial charge on any atom is -0.356 e. The third kappa shape index (κ3) is 2.24. The quantitative estimate of drug-likeness (QED) is 0.741. The van der Waals surface area contributed by atoms with Crippen molar-refractivity contribution in [1.29, 1.82) is 0 Å². The summed E-state index contributed by atoms with van der Waals surface area (Å²) < 4.78 is 4.00. The third-order valence-electron chi connectivity index (χ3n) is 4.15. The highest BCUT2D eigenvalue weighted by atomic mass is 15.4. The van der Waals surface area contributed by atoms with Crippen LogP contribution in [0.25, 0.3) is 5.65 Å². The minimum atomic E-state index is 0.638. The molecule has 1 saturated heterocycles. The number of aryl methyl sites for hydroxylation is 3. The van der Waals surface area contributed by atoms with Crippen LogP contribution in [0.3, 0.4) is 0 Å². The second-order valence-corrected chi connectivity index (χ2v) is 6.32. The van der Waals surface area contributed by atoms with Crippen molar-refractivity contribution in [3.05, 3.63) is 41.5 Å². The first-order valence-corrected chi connectivity index (χ1v) is 7.66. The van der Waals surface area contributed by atoms with Gasteiger partial charge in [0.05, 0.1) is 11.9 Å². The van der Waals surface area contributed by atoms with Crippen molar-refractivity contribution in [1.82, 2.24) is 24.4 Å². The maximum atomic E-state index is 4.56. The van der Waals surface area contributed by atoms with Crippen molar-refractivity contribution >= 4 is 11.5 Å². The monoisotopic (exact) mass is 296 g/mol. The molecule has 4 heterocycles. The molecule has 0 saturated carbocycles. The van der Waals surface area contributed by atoms with E-state index in [0.29, 0.717) is 5.92 Å². The highest BCUT2D eigenvalue weighted by molar-refractivity contribution is 5.53. The van der Waals surface area contributed by atoms with Gasteiger partial charge in [-0.05, 0) is 26.3 Å². The van der Waals surface area contributed by atoms with Gasteiger partial charge in [-0.25, -0.2) is 4.98 Å². The van der Waals surface area contributed by atoms with Crippen LogP contribution in [0.5, 0.6) is 0 Å². The molecule has 114 valence electrons. The average molecular weight is 296 g/mol. The van der Waals surface area contributed by atoms with Crippen molar-refractivity contribution in [2.75, 3.05) is 18.0 Å². The summed E-state index contributed by atoms with van der Waals surface area (Å²) in [6.07, 6.45) is 4.02. The van der Waals surface area contributed by atoms with E-state index in [4.69, 9.17) is 0 Å². The van der Waals surface area contributed by atoms with E-state index in [1.165, 1.54) is 5.56 Å². The van der Waals surface area contributed by atoms with E-state index in [1.54, 1.807) is 0 Å². The summed E-state index contributed by atoms with van der Waals surface area (Å²) in [5, 5.41) is 8.94. The molecular formula is C16H20N6. The Labute approximate surface area is 129 Å². The first-order chi connectivity index (χ1) is 10.6. The third-order valence-corrected chi connectivity index (χ3v) is 4.15. The maximum absolute atomic E-state index is 4.56. The van der Waals surface area contributed by atoms with Gasteiger partial charge in [-0.1, -0.05) is 0 Å². The highest BCUT2D eigenvalue weighted by Crippen LogP contribution is 2.26. The van der Waals surface area contributed by atoms with Gasteiger partial charge >= 0.3 is 0 Å². The molecule has 3 aromatic rings. The standard InChI is InChI=1S/C16H20N6/c1-11-6-17-21(7-11)10-14-8-20(9-14)16-5-12(2)18-15-4-13(3)19-22(15)16/h4-7,14H,8-10H2,1-3H3. The molecule has 4 rings (SSSR count). The molecule has 1 aliphatic rings. The van der Waals surface area contributed by atoms with Crippen molar-refractivity contribution < 1.29 is 0 Å². The van der Waals surface area contributed by atoms with E-state index >= 15 is 0 Å². The van der Waals surface area contributed by atoms with E-state index in [9.17, 15) is 0 Å². The summed E-state index contributed by atoms with van der Waals surface area (Å²) >= 11 is 0. The number of fused-ring (bicyclic) bond motifs is 1. The van der Waals surface area contributed by atoms with Crippen molar-refractivity contribution in [3.8, 4) is 0 Å². The number of anilines is 1. The molecule has 0 aromatic carbocycles. The number of hydrogen-bond donors (Lipinski definition) is 0. The predicted molar refractivity (Wildman–Crippen MR) is 85.1 cm³/mol. The van der Waals surface area contributed by atoms with Gasteiger partial charge in [0.2, 0.25) is 0 Å². The van der Waals surface area contributed by atoms with Crippen LogP contribution in [0, 0.1) is 26.7 Å². The van der Waals surface area contributed by atoms with E-state index in [2.05, 4.69) is 39.3 Å². The zero-order chi connectivity index (χ0) is 15.3.